The molecule has 0 radical (unpaired) electrons. The van der Waals surface area contributed by atoms with Gasteiger partial charge in [-0.2, -0.15) is 12.6 Å². The summed E-state index contributed by atoms with van der Waals surface area (Å²) in [5.41, 5.74) is 3.19. The fraction of sp³-hybridized carbons (Fsp3) is 0.647. The van der Waals surface area contributed by atoms with Crippen LogP contribution in [0.5, 0.6) is 0 Å². The van der Waals surface area contributed by atoms with Gasteiger partial charge >= 0.3 is 0 Å². The zero-order valence-corrected chi connectivity index (χ0v) is 14.5. The number of aryl methyl sites for hydroxylation is 2. The molecule has 1 rings (SSSR count). The molecule has 19 heavy (non-hydrogen) atoms. The van der Waals surface area contributed by atoms with Crippen LogP contribution < -0.4 is 0 Å². The van der Waals surface area contributed by atoms with Crippen LogP contribution in [0.15, 0.2) is 23.1 Å². The maximum atomic E-state index is 4.64. The summed E-state index contributed by atoms with van der Waals surface area (Å²) in [7, 11) is 0. The molecule has 1 aromatic rings. The molecular weight excluding hydrogens is 268 g/mol. The van der Waals surface area contributed by atoms with Gasteiger partial charge in [-0.15, -0.1) is 11.8 Å². The molecule has 0 saturated heterocycles. The molecule has 0 amide bonds. The second-order valence-electron chi connectivity index (χ2n) is 5.69. The van der Waals surface area contributed by atoms with Gasteiger partial charge in [0.05, 0.1) is 0 Å². The summed E-state index contributed by atoms with van der Waals surface area (Å²) in [6, 6.07) is 6.81. The fourth-order valence-electron chi connectivity index (χ4n) is 2.57. The fourth-order valence-corrected chi connectivity index (χ4v) is 4.44. The Morgan fingerprint density at radius 3 is 2.16 bits per heavy atom. The van der Waals surface area contributed by atoms with Gasteiger partial charge < -0.3 is 0 Å². The Bertz CT molecular complexity index is 379. The second kappa shape index (κ2) is 8.26. The molecule has 0 aromatic heterocycles. The van der Waals surface area contributed by atoms with E-state index in [0.717, 1.165) is 5.75 Å². The molecule has 0 bridgehead atoms. The van der Waals surface area contributed by atoms with E-state index in [1.807, 2.05) is 11.8 Å². The number of thioether (sulfide) groups is 1. The topological polar surface area (TPSA) is 0 Å². The van der Waals surface area contributed by atoms with Crippen molar-refractivity contribution in [2.24, 2.45) is 5.41 Å². The van der Waals surface area contributed by atoms with Gasteiger partial charge in [0.25, 0.3) is 0 Å². The predicted octanol–water partition coefficient (Wildman–Crippen LogP) is 5.91. The summed E-state index contributed by atoms with van der Waals surface area (Å²) in [4.78, 5) is 1.40. The molecule has 0 fully saturated rings. The van der Waals surface area contributed by atoms with Crippen LogP contribution >= 0.6 is 24.4 Å². The molecule has 0 heterocycles. The Morgan fingerprint density at radius 2 is 1.68 bits per heavy atom. The van der Waals surface area contributed by atoms with E-state index in [9.17, 15) is 0 Å². The van der Waals surface area contributed by atoms with E-state index in [-0.39, 0.29) is 0 Å². The monoisotopic (exact) mass is 296 g/mol. The van der Waals surface area contributed by atoms with Crippen molar-refractivity contribution in [1.82, 2.24) is 0 Å². The Morgan fingerprint density at radius 1 is 1.05 bits per heavy atom. The summed E-state index contributed by atoms with van der Waals surface area (Å²) >= 11 is 6.64. The zero-order chi connectivity index (χ0) is 14.3. The third kappa shape index (κ3) is 5.07. The highest BCUT2D eigenvalue weighted by atomic mass is 32.2. The van der Waals surface area contributed by atoms with Crippen LogP contribution in [0.25, 0.3) is 0 Å². The Hall–Kier alpha value is -0.0800. The third-order valence-electron chi connectivity index (χ3n) is 3.92. The lowest BCUT2D eigenvalue weighted by Crippen LogP contribution is -2.25. The van der Waals surface area contributed by atoms with Crippen molar-refractivity contribution in [2.45, 2.75) is 58.3 Å². The van der Waals surface area contributed by atoms with Gasteiger partial charge in [0, 0.05) is 10.6 Å². The van der Waals surface area contributed by atoms with Crippen molar-refractivity contribution in [3.8, 4) is 0 Å². The van der Waals surface area contributed by atoms with Gasteiger partial charge in [0.15, 0.2) is 0 Å². The van der Waals surface area contributed by atoms with Crippen molar-refractivity contribution >= 4 is 24.4 Å². The van der Waals surface area contributed by atoms with Crippen LogP contribution in [0.3, 0.4) is 0 Å². The van der Waals surface area contributed by atoms with Crippen LogP contribution in [0.4, 0.5) is 0 Å². The van der Waals surface area contributed by atoms with Gasteiger partial charge in [0.2, 0.25) is 0 Å². The van der Waals surface area contributed by atoms with Crippen LogP contribution in [0.1, 0.15) is 50.7 Å². The number of rotatable bonds is 8. The first-order chi connectivity index (χ1) is 9.06. The van der Waals surface area contributed by atoms with Crippen LogP contribution in [-0.2, 0) is 0 Å². The highest BCUT2D eigenvalue weighted by Gasteiger charge is 2.26. The van der Waals surface area contributed by atoms with E-state index >= 15 is 0 Å². The highest BCUT2D eigenvalue weighted by molar-refractivity contribution is 7.99. The van der Waals surface area contributed by atoms with Crippen molar-refractivity contribution in [2.75, 3.05) is 11.5 Å². The summed E-state index contributed by atoms with van der Waals surface area (Å²) in [5.74, 6) is 2.20. The van der Waals surface area contributed by atoms with Gasteiger partial charge in [-0.1, -0.05) is 32.8 Å². The van der Waals surface area contributed by atoms with E-state index < -0.39 is 0 Å². The zero-order valence-electron chi connectivity index (χ0n) is 12.8. The third-order valence-corrected chi connectivity index (χ3v) is 5.93. The van der Waals surface area contributed by atoms with Crippen molar-refractivity contribution in [3.63, 3.8) is 0 Å². The Labute approximate surface area is 129 Å². The molecule has 0 unspecified atom stereocenters. The van der Waals surface area contributed by atoms with E-state index in [1.165, 1.54) is 47.5 Å². The Balaban J connectivity index is 2.71. The molecule has 0 N–H and O–H groups in total. The van der Waals surface area contributed by atoms with Crippen molar-refractivity contribution in [3.05, 3.63) is 29.3 Å². The van der Waals surface area contributed by atoms with Gasteiger partial charge in [-0.25, -0.2) is 0 Å². The van der Waals surface area contributed by atoms with E-state index in [0.29, 0.717) is 5.41 Å². The lowest BCUT2D eigenvalue weighted by atomic mass is 9.83. The molecule has 0 atom stereocenters. The second-order valence-corrected chi connectivity index (χ2v) is 7.06. The van der Waals surface area contributed by atoms with Crippen molar-refractivity contribution in [1.29, 1.82) is 0 Å². The first-order valence-electron chi connectivity index (χ1n) is 7.38. The lowest BCUT2D eigenvalue weighted by molar-refractivity contribution is 0.318. The smallest absolute Gasteiger partial charge is 0.00749 e. The minimum Gasteiger partial charge on any atom is -0.179 e. The molecule has 0 nitrogen and oxygen atoms in total. The van der Waals surface area contributed by atoms with Crippen molar-refractivity contribution < 1.29 is 0 Å². The quantitative estimate of drug-likeness (QED) is 0.459. The highest BCUT2D eigenvalue weighted by Crippen LogP contribution is 2.37. The number of benzene rings is 1. The molecule has 0 spiro atoms. The van der Waals surface area contributed by atoms with E-state index in [1.54, 1.807) is 0 Å². The predicted molar refractivity (Wildman–Crippen MR) is 92.7 cm³/mol. The minimum atomic E-state index is 0.413. The van der Waals surface area contributed by atoms with Gasteiger partial charge in [-0.05, 0) is 61.1 Å². The molecule has 108 valence electrons. The van der Waals surface area contributed by atoms with E-state index in [4.69, 9.17) is 0 Å². The normalized spacial score (nSPS) is 11.8. The average molecular weight is 297 g/mol. The van der Waals surface area contributed by atoms with Gasteiger partial charge in [0.1, 0.15) is 0 Å². The molecule has 2 heteroatoms. The van der Waals surface area contributed by atoms with Crippen LogP contribution in [0, 0.1) is 19.3 Å². The first-order valence-corrected chi connectivity index (χ1v) is 8.99. The molecule has 0 saturated carbocycles. The van der Waals surface area contributed by atoms with Gasteiger partial charge in [-0.3, -0.25) is 0 Å². The summed E-state index contributed by atoms with van der Waals surface area (Å²) in [5, 5.41) is 0. The average Bonchev–Trinajstić information content (AvgIpc) is 2.40. The number of thiol groups is 1. The lowest BCUT2D eigenvalue weighted by Gasteiger charge is -2.31. The maximum Gasteiger partial charge on any atom is 0.00749 e. The minimum absolute atomic E-state index is 0.413. The number of hydrogen-bond acceptors (Lipinski definition) is 2. The molecule has 1 aromatic carbocycles. The number of hydrogen-bond donors (Lipinski definition) is 1. The van der Waals surface area contributed by atoms with Crippen LogP contribution in [0.2, 0.25) is 0 Å². The summed E-state index contributed by atoms with van der Waals surface area (Å²) < 4.78 is 0. The largest absolute Gasteiger partial charge is 0.179 e. The van der Waals surface area contributed by atoms with E-state index in [2.05, 4.69) is 58.5 Å². The Kier molecular flexibility index (Phi) is 7.38. The first kappa shape index (κ1) is 17.0. The summed E-state index contributed by atoms with van der Waals surface area (Å²) in [6.45, 7) is 8.95. The molecule has 0 aliphatic rings. The molecule has 0 aliphatic heterocycles. The maximum absolute atomic E-state index is 4.64. The molecular formula is C17H28S2. The van der Waals surface area contributed by atoms with Crippen LogP contribution in [-0.4, -0.2) is 11.5 Å². The molecule has 0 aliphatic carbocycles. The standard InChI is InChI=1S/C17H28S2/c1-5-9-17(12-18,10-6-2)13-19-16-8-7-14(3)15(4)11-16/h7-8,11,18H,5-6,9-10,12-13H2,1-4H3. The SMILES string of the molecule is CCCC(CS)(CCC)CSc1ccc(C)c(C)c1. The summed E-state index contributed by atoms with van der Waals surface area (Å²) in [6.07, 6.45) is 5.10.